The highest BCUT2D eigenvalue weighted by Gasteiger charge is 2.07. The van der Waals surface area contributed by atoms with Crippen molar-refractivity contribution in [3.63, 3.8) is 0 Å². The van der Waals surface area contributed by atoms with Crippen molar-refractivity contribution in [3.8, 4) is 11.8 Å². The molecule has 0 aliphatic carbocycles. The third-order valence-electron chi connectivity index (χ3n) is 1.96. The van der Waals surface area contributed by atoms with Crippen LogP contribution in [0.5, 0.6) is 0 Å². The minimum Gasteiger partial charge on any atom is -0.294 e. The minimum absolute atomic E-state index is 0.123. The Morgan fingerprint density at radius 3 is 3.00 bits per heavy atom. The molecular formula is C12H13NO. The van der Waals surface area contributed by atoms with Crippen LogP contribution in [-0.2, 0) is 0 Å². The first-order valence-electron chi connectivity index (χ1n) is 4.60. The molecule has 1 rings (SSSR count). The Kier molecular flexibility index (Phi) is 3.87. The van der Waals surface area contributed by atoms with E-state index in [9.17, 15) is 4.79 Å². The third-order valence-corrected chi connectivity index (χ3v) is 1.96. The molecule has 72 valence electrons. The van der Waals surface area contributed by atoms with Crippen molar-refractivity contribution in [1.82, 2.24) is 4.98 Å². The number of ketones is 1. The Morgan fingerprint density at radius 1 is 1.57 bits per heavy atom. The van der Waals surface area contributed by atoms with Crippen LogP contribution < -0.4 is 0 Å². The average molecular weight is 187 g/mol. The SMILES string of the molecule is CC#CCCC(=O)c1cccnc1C. The summed E-state index contributed by atoms with van der Waals surface area (Å²) < 4.78 is 0. The van der Waals surface area contributed by atoms with Crippen LogP contribution in [0.4, 0.5) is 0 Å². The topological polar surface area (TPSA) is 30.0 Å². The third kappa shape index (κ3) is 2.70. The first-order valence-corrected chi connectivity index (χ1v) is 4.60. The molecule has 2 nitrogen and oxygen atoms in total. The fourth-order valence-electron chi connectivity index (χ4n) is 1.21. The van der Waals surface area contributed by atoms with Gasteiger partial charge in [-0.1, -0.05) is 0 Å². The number of aryl methyl sites for hydroxylation is 1. The van der Waals surface area contributed by atoms with E-state index in [1.807, 2.05) is 13.0 Å². The number of carbonyl (C=O) groups is 1. The molecule has 0 atom stereocenters. The molecule has 2 heteroatoms. The lowest BCUT2D eigenvalue weighted by Gasteiger charge is -2.00. The van der Waals surface area contributed by atoms with Gasteiger partial charge in [-0.3, -0.25) is 9.78 Å². The molecule has 0 aliphatic rings. The molecule has 0 aliphatic heterocycles. The molecule has 14 heavy (non-hydrogen) atoms. The van der Waals surface area contributed by atoms with Crippen molar-refractivity contribution in [2.24, 2.45) is 0 Å². The molecule has 0 saturated heterocycles. The fraction of sp³-hybridized carbons (Fsp3) is 0.333. The maximum absolute atomic E-state index is 11.6. The van der Waals surface area contributed by atoms with Crippen LogP contribution >= 0.6 is 0 Å². The van der Waals surface area contributed by atoms with Crippen LogP contribution in [0, 0.1) is 18.8 Å². The van der Waals surface area contributed by atoms with E-state index in [0.29, 0.717) is 18.4 Å². The standard InChI is InChI=1S/C12H13NO/c1-3-4-5-8-12(14)11-7-6-9-13-10(11)2/h6-7,9H,5,8H2,1-2H3. The normalized spacial score (nSPS) is 9.00. The van der Waals surface area contributed by atoms with Crippen molar-refractivity contribution in [3.05, 3.63) is 29.6 Å². The van der Waals surface area contributed by atoms with Gasteiger partial charge in [0.1, 0.15) is 0 Å². The van der Waals surface area contributed by atoms with Crippen molar-refractivity contribution in [2.45, 2.75) is 26.7 Å². The van der Waals surface area contributed by atoms with Gasteiger partial charge in [-0.2, -0.15) is 0 Å². The second-order valence-electron chi connectivity index (χ2n) is 2.99. The molecule has 0 aromatic carbocycles. The molecule has 0 amide bonds. The van der Waals surface area contributed by atoms with Crippen LogP contribution in [0.25, 0.3) is 0 Å². The van der Waals surface area contributed by atoms with E-state index in [2.05, 4.69) is 16.8 Å². The Labute approximate surface area is 84.4 Å². The summed E-state index contributed by atoms with van der Waals surface area (Å²) in [5.41, 5.74) is 1.51. The quantitative estimate of drug-likeness (QED) is 0.537. The lowest BCUT2D eigenvalue weighted by molar-refractivity contribution is 0.0983. The van der Waals surface area contributed by atoms with Crippen molar-refractivity contribution in [2.75, 3.05) is 0 Å². The molecule has 0 fully saturated rings. The van der Waals surface area contributed by atoms with Crippen molar-refractivity contribution in [1.29, 1.82) is 0 Å². The molecule has 0 N–H and O–H groups in total. The molecule has 0 bridgehead atoms. The number of hydrogen-bond donors (Lipinski definition) is 0. The predicted molar refractivity (Wildman–Crippen MR) is 56.0 cm³/mol. The first kappa shape index (κ1) is 10.5. The molecule has 0 saturated carbocycles. The van der Waals surface area contributed by atoms with Gasteiger partial charge in [0.05, 0.1) is 0 Å². The summed E-state index contributed by atoms with van der Waals surface area (Å²) in [4.78, 5) is 15.7. The predicted octanol–water partition coefficient (Wildman–Crippen LogP) is 2.38. The van der Waals surface area contributed by atoms with E-state index in [1.54, 1.807) is 19.2 Å². The van der Waals surface area contributed by atoms with Crippen LogP contribution in [0.15, 0.2) is 18.3 Å². The van der Waals surface area contributed by atoms with E-state index in [-0.39, 0.29) is 5.78 Å². The maximum Gasteiger partial charge on any atom is 0.165 e. The van der Waals surface area contributed by atoms with E-state index < -0.39 is 0 Å². The monoisotopic (exact) mass is 187 g/mol. The zero-order valence-electron chi connectivity index (χ0n) is 8.50. The summed E-state index contributed by atoms with van der Waals surface area (Å²) in [6, 6.07) is 3.59. The van der Waals surface area contributed by atoms with Gasteiger partial charge in [0, 0.05) is 30.3 Å². The van der Waals surface area contributed by atoms with Crippen molar-refractivity contribution < 1.29 is 4.79 Å². The first-order chi connectivity index (χ1) is 6.75. The van der Waals surface area contributed by atoms with E-state index in [0.717, 1.165) is 5.69 Å². The van der Waals surface area contributed by atoms with Gasteiger partial charge in [0.15, 0.2) is 5.78 Å². The number of hydrogen-bond acceptors (Lipinski definition) is 2. The summed E-state index contributed by atoms with van der Waals surface area (Å²) in [5, 5.41) is 0. The Balaban J connectivity index is 2.68. The van der Waals surface area contributed by atoms with Gasteiger partial charge < -0.3 is 0 Å². The zero-order chi connectivity index (χ0) is 10.4. The number of carbonyl (C=O) groups excluding carboxylic acids is 1. The number of Topliss-reactive ketones (excluding diaryl/α,β-unsaturated/α-hetero) is 1. The van der Waals surface area contributed by atoms with Gasteiger partial charge in [-0.15, -0.1) is 11.8 Å². The second kappa shape index (κ2) is 5.18. The molecule has 0 radical (unpaired) electrons. The summed E-state index contributed by atoms with van der Waals surface area (Å²) in [7, 11) is 0. The smallest absolute Gasteiger partial charge is 0.165 e. The van der Waals surface area contributed by atoms with Crippen LogP contribution in [0.2, 0.25) is 0 Å². The summed E-state index contributed by atoms with van der Waals surface area (Å²) in [5.74, 6) is 5.77. The molecule has 0 spiro atoms. The van der Waals surface area contributed by atoms with Crippen LogP contribution in [0.3, 0.4) is 0 Å². The van der Waals surface area contributed by atoms with Gasteiger partial charge in [-0.05, 0) is 26.0 Å². The van der Waals surface area contributed by atoms with Crippen LogP contribution in [-0.4, -0.2) is 10.8 Å². The molecule has 1 heterocycles. The van der Waals surface area contributed by atoms with Gasteiger partial charge in [0.25, 0.3) is 0 Å². The average Bonchev–Trinajstić information content (AvgIpc) is 2.18. The van der Waals surface area contributed by atoms with Gasteiger partial charge in [-0.25, -0.2) is 0 Å². The largest absolute Gasteiger partial charge is 0.294 e. The summed E-state index contributed by atoms with van der Waals surface area (Å²) >= 11 is 0. The van der Waals surface area contributed by atoms with E-state index >= 15 is 0 Å². The second-order valence-corrected chi connectivity index (χ2v) is 2.99. The van der Waals surface area contributed by atoms with Crippen LogP contribution in [0.1, 0.15) is 35.8 Å². The van der Waals surface area contributed by atoms with E-state index in [4.69, 9.17) is 0 Å². The number of rotatable bonds is 3. The summed E-state index contributed by atoms with van der Waals surface area (Å²) in [6.45, 7) is 3.62. The van der Waals surface area contributed by atoms with Crippen molar-refractivity contribution >= 4 is 5.78 Å². The maximum atomic E-state index is 11.6. The molecule has 1 aromatic rings. The Morgan fingerprint density at radius 2 is 2.36 bits per heavy atom. The molecule has 0 unspecified atom stereocenters. The highest BCUT2D eigenvalue weighted by atomic mass is 16.1. The zero-order valence-corrected chi connectivity index (χ0v) is 8.50. The number of nitrogens with zero attached hydrogens (tertiary/aromatic N) is 1. The fourth-order valence-corrected chi connectivity index (χ4v) is 1.21. The van der Waals surface area contributed by atoms with Gasteiger partial charge in [0.2, 0.25) is 0 Å². The highest BCUT2D eigenvalue weighted by molar-refractivity contribution is 5.97. The highest BCUT2D eigenvalue weighted by Crippen LogP contribution is 2.07. The molecule has 1 aromatic heterocycles. The molecular weight excluding hydrogens is 174 g/mol. The lowest BCUT2D eigenvalue weighted by atomic mass is 10.1. The Hall–Kier alpha value is -1.62. The number of pyridine rings is 1. The lowest BCUT2D eigenvalue weighted by Crippen LogP contribution is -2.02. The summed E-state index contributed by atoms with van der Waals surface area (Å²) in [6.07, 6.45) is 2.80. The van der Waals surface area contributed by atoms with E-state index in [1.165, 1.54) is 0 Å². The van der Waals surface area contributed by atoms with Gasteiger partial charge >= 0.3 is 0 Å². The minimum atomic E-state index is 0.123. The Bertz CT molecular complexity index is 385. The number of aromatic nitrogens is 1.